The number of rotatable bonds is 5. The molecule has 0 saturated heterocycles. The van der Waals surface area contributed by atoms with Crippen LogP contribution in [-0.4, -0.2) is 11.1 Å². The van der Waals surface area contributed by atoms with Gasteiger partial charge >= 0.3 is 5.97 Å². The molecular weight excluding hydrogens is 206 g/mol. The van der Waals surface area contributed by atoms with Crippen LogP contribution in [0.1, 0.15) is 28.7 Å². The summed E-state index contributed by atoms with van der Waals surface area (Å²) in [7, 11) is 0. The number of hydrogen-bond acceptors (Lipinski definition) is 3. The van der Waals surface area contributed by atoms with Crippen LogP contribution in [0.5, 0.6) is 0 Å². The zero-order valence-electron chi connectivity index (χ0n) is 9.49. The molecule has 1 N–H and O–H groups in total. The van der Waals surface area contributed by atoms with Crippen molar-refractivity contribution >= 4 is 5.97 Å². The average Bonchev–Trinajstić information content (AvgIpc) is 2.16. The Hall–Kier alpha value is -1.71. The summed E-state index contributed by atoms with van der Waals surface area (Å²) >= 11 is 0. The van der Waals surface area contributed by atoms with Gasteiger partial charge in [0.1, 0.15) is 6.54 Å². The minimum absolute atomic E-state index is 0.132. The molecule has 4 heteroatoms. The molecule has 0 radical (unpaired) electrons. The molecule has 0 amide bonds. The Balaban J connectivity index is 2.93. The summed E-state index contributed by atoms with van der Waals surface area (Å²) in [5, 5.41) is 11.5. The standard InChI is InChI=1S/C12H15NO3/c1-8-5-10(7-13-16)6-9(2)11(8)3-4-12(14)15/h5-6H,3-4,7H2,1-2H3,(H,14,15). The quantitative estimate of drug-likeness (QED) is 0.777. The predicted molar refractivity (Wildman–Crippen MR) is 61.4 cm³/mol. The molecule has 0 saturated carbocycles. The molecule has 0 atom stereocenters. The number of aliphatic carboxylic acids is 1. The third kappa shape index (κ3) is 3.15. The maximum Gasteiger partial charge on any atom is 0.303 e. The minimum Gasteiger partial charge on any atom is -0.481 e. The Morgan fingerprint density at radius 1 is 1.31 bits per heavy atom. The van der Waals surface area contributed by atoms with E-state index in [4.69, 9.17) is 5.11 Å². The van der Waals surface area contributed by atoms with E-state index in [1.54, 1.807) is 0 Å². The summed E-state index contributed by atoms with van der Waals surface area (Å²) in [6.45, 7) is 4.03. The fourth-order valence-electron chi connectivity index (χ4n) is 1.88. The van der Waals surface area contributed by atoms with E-state index in [2.05, 4.69) is 5.18 Å². The first-order chi connectivity index (χ1) is 7.54. The number of carboxylic acid groups (broad SMARTS) is 1. The summed E-state index contributed by atoms with van der Waals surface area (Å²) in [6.07, 6.45) is 0.661. The second-order valence-corrected chi connectivity index (χ2v) is 3.89. The van der Waals surface area contributed by atoms with Gasteiger partial charge in [-0.2, -0.15) is 4.91 Å². The van der Waals surface area contributed by atoms with E-state index in [1.165, 1.54) is 0 Å². The number of carbonyl (C=O) groups is 1. The molecular formula is C12H15NO3. The molecule has 4 nitrogen and oxygen atoms in total. The van der Waals surface area contributed by atoms with Crippen LogP contribution in [0.3, 0.4) is 0 Å². The Bertz CT molecular complexity index is 390. The van der Waals surface area contributed by atoms with Crippen LogP contribution in [0.25, 0.3) is 0 Å². The van der Waals surface area contributed by atoms with E-state index in [1.807, 2.05) is 26.0 Å². The van der Waals surface area contributed by atoms with Crippen molar-refractivity contribution in [2.45, 2.75) is 33.2 Å². The molecule has 0 aliphatic heterocycles. The van der Waals surface area contributed by atoms with Crippen molar-refractivity contribution in [3.8, 4) is 0 Å². The van der Waals surface area contributed by atoms with Crippen LogP contribution in [0.15, 0.2) is 17.3 Å². The van der Waals surface area contributed by atoms with Gasteiger partial charge in [0.2, 0.25) is 0 Å². The Kier molecular flexibility index (Phi) is 4.17. The van der Waals surface area contributed by atoms with Crippen LogP contribution in [0.4, 0.5) is 0 Å². The summed E-state index contributed by atoms with van der Waals surface area (Å²) in [5.74, 6) is -0.794. The van der Waals surface area contributed by atoms with Crippen LogP contribution < -0.4 is 0 Å². The third-order valence-electron chi connectivity index (χ3n) is 2.59. The lowest BCUT2D eigenvalue weighted by Crippen LogP contribution is -2.02. The van der Waals surface area contributed by atoms with Gasteiger partial charge in [0.05, 0.1) is 0 Å². The topological polar surface area (TPSA) is 66.7 Å². The second-order valence-electron chi connectivity index (χ2n) is 3.89. The van der Waals surface area contributed by atoms with Crippen molar-refractivity contribution in [1.29, 1.82) is 0 Å². The van der Waals surface area contributed by atoms with Gasteiger partial charge in [-0.05, 0) is 42.5 Å². The molecule has 0 bridgehead atoms. The lowest BCUT2D eigenvalue weighted by atomic mass is 9.96. The van der Waals surface area contributed by atoms with E-state index in [-0.39, 0.29) is 13.0 Å². The molecule has 86 valence electrons. The van der Waals surface area contributed by atoms with Gasteiger partial charge in [-0.3, -0.25) is 4.79 Å². The third-order valence-corrected chi connectivity index (χ3v) is 2.59. The monoisotopic (exact) mass is 221 g/mol. The predicted octanol–water partition coefficient (Wildman–Crippen LogP) is 2.59. The Morgan fingerprint density at radius 2 is 1.88 bits per heavy atom. The van der Waals surface area contributed by atoms with Crippen LogP contribution in [0, 0.1) is 18.8 Å². The molecule has 1 aromatic rings. The lowest BCUT2D eigenvalue weighted by Gasteiger charge is -2.10. The fourth-order valence-corrected chi connectivity index (χ4v) is 1.88. The van der Waals surface area contributed by atoms with Gasteiger partial charge in [0, 0.05) is 6.42 Å². The first-order valence-electron chi connectivity index (χ1n) is 5.14. The zero-order valence-corrected chi connectivity index (χ0v) is 9.49. The number of aryl methyl sites for hydroxylation is 2. The summed E-state index contributed by atoms with van der Waals surface area (Å²) < 4.78 is 0. The summed E-state index contributed by atoms with van der Waals surface area (Å²) in [4.78, 5) is 20.7. The van der Waals surface area contributed by atoms with Crippen molar-refractivity contribution in [2.24, 2.45) is 5.18 Å². The smallest absolute Gasteiger partial charge is 0.303 e. The molecule has 1 aromatic carbocycles. The molecule has 0 heterocycles. The lowest BCUT2D eigenvalue weighted by molar-refractivity contribution is -0.136. The summed E-state index contributed by atoms with van der Waals surface area (Å²) in [5.41, 5.74) is 3.99. The van der Waals surface area contributed by atoms with Gasteiger partial charge in [-0.25, -0.2) is 0 Å². The molecule has 0 aliphatic carbocycles. The molecule has 0 spiro atoms. The second kappa shape index (κ2) is 5.39. The normalized spacial score (nSPS) is 10.1. The van der Waals surface area contributed by atoms with Gasteiger partial charge in [-0.15, -0.1) is 0 Å². The summed E-state index contributed by atoms with van der Waals surface area (Å²) in [6, 6.07) is 3.79. The van der Waals surface area contributed by atoms with E-state index in [0.29, 0.717) is 6.42 Å². The first-order valence-corrected chi connectivity index (χ1v) is 5.14. The van der Waals surface area contributed by atoms with Gasteiger partial charge < -0.3 is 5.11 Å². The van der Waals surface area contributed by atoms with E-state index < -0.39 is 5.97 Å². The Labute approximate surface area is 94.3 Å². The van der Waals surface area contributed by atoms with Crippen molar-refractivity contribution in [1.82, 2.24) is 0 Å². The number of hydrogen-bond donors (Lipinski definition) is 1. The van der Waals surface area contributed by atoms with Crippen molar-refractivity contribution in [3.63, 3.8) is 0 Å². The number of benzene rings is 1. The van der Waals surface area contributed by atoms with Crippen LogP contribution in [0.2, 0.25) is 0 Å². The van der Waals surface area contributed by atoms with E-state index >= 15 is 0 Å². The van der Waals surface area contributed by atoms with Gasteiger partial charge in [-0.1, -0.05) is 17.3 Å². The molecule has 0 fully saturated rings. The molecule has 0 unspecified atom stereocenters. The van der Waals surface area contributed by atoms with Crippen LogP contribution >= 0.6 is 0 Å². The van der Waals surface area contributed by atoms with Gasteiger partial charge in [0.15, 0.2) is 0 Å². The van der Waals surface area contributed by atoms with Crippen LogP contribution in [-0.2, 0) is 17.8 Å². The van der Waals surface area contributed by atoms with Crippen molar-refractivity contribution in [2.75, 3.05) is 0 Å². The van der Waals surface area contributed by atoms with E-state index in [0.717, 1.165) is 22.3 Å². The minimum atomic E-state index is -0.794. The Morgan fingerprint density at radius 3 is 2.31 bits per heavy atom. The fraction of sp³-hybridized carbons (Fsp3) is 0.417. The van der Waals surface area contributed by atoms with Crippen molar-refractivity contribution in [3.05, 3.63) is 39.3 Å². The van der Waals surface area contributed by atoms with E-state index in [9.17, 15) is 9.70 Å². The first kappa shape index (κ1) is 12.4. The highest BCUT2D eigenvalue weighted by molar-refractivity contribution is 5.67. The largest absolute Gasteiger partial charge is 0.481 e. The highest BCUT2D eigenvalue weighted by Gasteiger charge is 2.07. The number of nitroso groups, excluding NO2 is 1. The van der Waals surface area contributed by atoms with Crippen molar-refractivity contribution < 1.29 is 9.90 Å². The maximum atomic E-state index is 10.5. The number of carboxylic acids is 1. The highest BCUT2D eigenvalue weighted by atomic mass is 16.4. The van der Waals surface area contributed by atoms with Gasteiger partial charge in [0.25, 0.3) is 0 Å². The molecule has 1 rings (SSSR count). The highest BCUT2D eigenvalue weighted by Crippen LogP contribution is 2.19. The SMILES string of the molecule is Cc1cc(CN=O)cc(C)c1CCC(=O)O. The number of nitrogens with zero attached hydrogens (tertiary/aromatic N) is 1. The average molecular weight is 221 g/mol. The maximum absolute atomic E-state index is 10.5. The molecule has 0 aromatic heterocycles. The zero-order chi connectivity index (χ0) is 12.1. The molecule has 16 heavy (non-hydrogen) atoms. The molecule has 0 aliphatic rings.